The number of hydrogen-bond donors (Lipinski definition) is 3. The highest BCUT2D eigenvalue weighted by atomic mass is 35.5. The number of nitrogens with zero attached hydrogens (tertiary/aromatic N) is 2. The zero-order chi connectivity index (χ0) is 17.5. The number of hydrogen-bond acceptors (Lipinski definition) is 5. The number of carbonyl (C=O) groups is 1. The summed E-state index contributed by atoms with van der Waals surface area (Å²) in [6, 6.07) is 6.62. The van der Waals surface area contributed by atoms with E-state index in [0.717, 1.165) is 12.2 Å². The van der Waals surface area contributed by atoms with Crippen LogP contribution in [-0.2, 0) is 0 Å². The van der Waals surface area contributed by atoms with Gasteiger partial charge in [0.25, 0.3) is 5.91 Å². The maximum Gasteiger partial charge on any atom is 0.252 e. The largest absolute Gasteiger partial charge is 0.368 e. The lowest BCUT2D eigenvalue weighted by molar-refractivity contribution is 0.0955. The van der Waals surface area contributed by atoms with E-state index in [4.69, 9.17) is 23.2 Å². The summed E-state index contributed by atoms with van der Waals surface area (Å²) in [5.74, 6) is 1.04. The van der Waals surface area contributed by atoms with Gasteiger partial charge in [0, 0.05) is 36.4 Å². The molecule has 1 heterocycles. The molecule has 0 spiro atoms. The molecule has 1 aromatic carbocycles. The van der Waals surface area contributed by atoms with E-state index in [1.54, 1.807) is 18.2 Å². The topological polar surface area (TPSA) is 78.9 Å². The Morgan fingerprint density at radius 1 is 1.12 bits per heavy atom. The lowest BCUT2D eigenvalue weighted by Crippen LogP contribution is -2.29. The molecule has 0 radical (unpaired) electrons. The molecule has 2 rings (SSSR count). The highest BCUT2D eigenvalue weighted by molar-refractivity contribution is 6.36. The van der Waals surface area contributed by atoms with Gasteiger partial charge in [-0.25, -0.2) is 4.98 Å². The quantitative estimate of drug-likeness (QED) is 0.653. The number of amides is 1. The van der Waals surface area contributed by atoms with Crippen LogP contribution in [0.3, 0.4) is 0 Å². The predicted octanol–water partition coefficient (Wildman–Crippen LogP) is 3.37. The van der Waals surface area contributed by atoms with Crippen molar-refractivity contribution in [3.8, 4) is 0 Å². The van der Waals surface area contributed by atoms with Crippen LogP contribution in [0.5, 0.6) is 0 Å². The minimum absolute atomic E-state index is 0.245. The fraction of sp³-hybridized carbons (Fsp3) is 0.312. The van der Waals surface area contributed by atoms with Crippen molar-refractivity contribution in [2.45, 2.75) is 13.8 Å². The summed E-state index contributed by atoms with van der Waals surface area (Å²) in [6.45, 7) is 5.59. The molecule has 0 aliphatic heterocycles. The van der Waals surface area contributed by atoms with Gasteiger partial charge < -0.3 is 16.0 Å². The fourth-order valence-corrected chi connectivity index (χ4v) is 2.53. The minimum atomic E-state index is -0.245. The van der Waals surface area contributed by atoms with Crippen molar-refractivity contribution in [1.82, 2.24) is 15.3 Å². The Hall–Kier alpha value is -2.05. The smallest absolute Gasteiger partial charge is 0.252 e. The third-order valence-corrected chi connectivity index (χ3v) is 3.63. The maximum absolute atomic E-state index is 12.1. The molecule has 0 bridgehead atoms. The summed E-state index contributed by atoms with van der Waals surface area (Å²) < 4.78 is 0. The van der Waals surface area contributed by atoms with Crippen LogP contribution in [0.25, 0.3) is 0 Å². The summed E-state index contributed by atoms with van der Waals surface area (Å²) >= 11 is 11.8. The van der Waals surface area contributed by atoms with E-state index >= 15 is 0 Å². The van der Waals surface area contributed by atoms with E-state index in [9.17, 15) is 4.79 Å². The first-order valence-corrected chi connectivity index (χ1v) is 8.32. The summed E-state index contributed by atoms with van der Waals surface area (Å²) in [7, 11) is 0. The van der Waals surface area contributed by atoms with E-state index in [0.29, 0.717) is 40.5 Å². The van der Waals surface area contributed by atoms with Crippen molar-refractivity contribution in [2.24, 2.45) is 0 Å². The van der Waals surface area contributed by atoms with Crippen LogP contribution in [0.15, 0.2) is 24.3 Å². The molecule has 0 atom stereocenters. The van der Waals surface area contributed by atoms with Crippen molar-refractivity contribution < 1.29 is 4.79 Å². The number of nitrogens with one attached hydrogen (secondary N) is 3. The number of carbonyl (C=O) groups excluding carboxylic acids is 1. The number of aromatic nitrogens is 2. The summed E-state index contributed by atoms with van der Waals surface area (Å²) in [5.41, 5.74) is 1.26. The molecule has 2 aromatic rings. The van der Waals surface area contributed by atoms with Gasteiger partial charge in [-0.2, -0.15) is 4.98 Å². The number of anilines is 2. The molecule has 0 unspecified atom stereocenters. The molecule has 0 aliphatic carbocycles. The van der Waals surface area contributed by atoms with Crippen LogP contribution in [0.2, 0.25) is 10.0 Å². The molecule has 1 amide bonds. The molecule has 1 aromatic heterocycles. The lowest BCUT2D eigenvalue weighted by atomic mass is 10.2. The van der Waals surface area contributed by atoms with Gasteiger partial charge in [-0.3, -0.25) is 4.79 Å². The molecule has 6 nitrogen and oxygen atoms in total. The number of aryl methyl sites for hydroxylation is 1. The third kappa shape index (κ3) is 5.25. The fourth-order valence-electron chi connectivity index (χ4n) is 2.03. The molecule has 0 saturated carbocycles. The summed E-state index contributed by atoms with van der Waals surface area (Å²) in [5, 5.41) is 9.85. The second kappa shape index (κ2) is 8.70. The monoisotopic (exact) mass is 367 g/mol. The average Bonchev–Trinajstić information content (AvgIpc) is 2.51. The van der Waals surface area contributed by atoms with Gasteiger partial charge in [0.15, 0.2) is 0 Å². The van der Waals surface area contributed by atoms with E-state index in [2.05, 4.69) is 25.9 Å². The molecule has 0 saturated heterocycles. The summed E-state index contributed by atoms with van der Waals surface area (Å²) in [6.07, 6.45) is 0. The zero-order valence-corrected chi connectivity index (χ0v) is 15.0. The molecular weight excluding hydrogens is 349 g/mol. The second-order valence-electron chi connectivity index (χ2n) is 5.06. The highest BCUT2D eigenvalue weighted by Gasteiger charge is 2.10. The Labute approximate surface area is 151 Å². The van der Waals surface area contributed by atoms with Crippen LogP contribution in [-0.4, -0.2) is 35.5 Å². The first-order valence-electron chi connectivity index (χ1n) is 7.56. The lowest BCUT2D eigenvalue weighted by Gasteiger charge is -2.10. The predicted molar refractivity (Wildman–Crippen MR) is 98.2 cm³/mol. The van der Waals surface area contributed by atoms with E-state index < -0.39 is 0 Å². The van der Waals surface area contributed by atoms with E-state index in [1.165, 1.54) is 0 Å². The number of benzene rings is 1. The SMILES string of the molecule is CCNc1nc(C)cc(NCCNC(=O)c2ccc(Cl)cc2Cl)n1. The Morgan fingerprint density at radius 2 is 1.92 bits per heavy atom. The van der Waals surface area contributed by atoms with Gasteiger partial charge in [0.05, 0.1) is 10.6 Å². The zero-order valence-electron chi connectivity index (χ0n) is 13.5. The van der Waals surface area contributed by atoms with E-state index in [1.807, 2.05) is 19.9 Å². The molecular formula is C16H19Cl2N5O. The number of rotatable bonds is 7. The van der Waals surface area contributed by atoms with Gasteiger partial charge in [0.2, 0.25) is 5.95 Å². The first-order chi connectivity index (χ1) is 11.5. The van der Waals surface area contributed by atoms with Gasteiger partial charge in [-0.1, -0.05) is 23.2 Å². The maximum atomic E-state index is 12.1. The Kier molecular flexibility index (Phi) is 6.63. The van der Waals surface area contributed by atoms with Crippen molar-refractivity contribution in [1.29, 1.82) is 0 Å². The Morgan fingerprint density at radius 3 is 2.62 bits per heavy atom. The van der Waals surface area contributed by atoms with Crippen LogP contribution in [0, 0.1) is 6.92 Å². The van der Waals surface area contributed by atoms with Gasteiger partial charge in [0.1, 0.15) is 5.82 Å². The van der Waals surface area contributed by atoms with Crippen molar-refractivity contribution >= 4 is 40.9 Å². The van der Waals surface area contributed by atoms with Crippen LogP contribution in [0.1, 0.15) is 23.0 Å². The second-order valence-corrected chi connectivity index (χ2v) is 5.90. The first kappa shape index (κ1) is 18.3. The van der Waals surface area contributed by atoms with Crippen LogP contribution in [0.4, 0.5) is 11.8 Å². The van der Waals surface area contributed by atoms with Crippen LogP contribution >= 0.6 is 23.2 Å². The third-order valence-electron chi connectivity index (χ3n) is 3.08. The highest BCUT2D eigenvalue weighted by Crippen LogP contribution is 2.20. The summed E-state index contributed by atoms with van der Waals surface area (Å²) in [4.78, 5) is 20.7. The standard InChI is InChI=1S/C16H19Cl2N5O/c1-3-19-16-22-10(2)8-14(23-16)20-6-7-21-15(24)12-5-4-11(17)9-13(12)18/h4-5,8-9H,3,6-7H2,1-2H3,(H,21,24)(H2,19,20,22,23). The molecule has 0 aliphatic rings. The van der Waals surface area contributed by atoms with Gasteiger partial charge >= 0.3 is 0 Å². The van der Waals surface area contributed by atoms with Gasteiger partial charge in [-0.05, 0) is 32.0 Å². The molecule has 0 fully saturated rings. The Balaban J connectivity index is 1.85. The molecule has 128 valence electrons. The van der Waals surface area contributed by atoms with Crippen molar-refractivity contribution in [3.05, 3.63) is 45.6 Å². The minimum Gasteiger partial charge on any atom is -0.368 e. The van der Waals surface area contributed by atoms with E-state index in [-0.39, 0.29) is 5.91 Å². The van der Waals surface area contributed by atoms with Crippen molar-refractivity contribution in [2.75, 3.05) is 30.3 Å². The van der Waals surface area contributed by atoms with Crippen LogP contribution < -0.4 is 16.0 Å². The normalized spacial score (nSPS) is 10.3. The molecule has 24 heavy (non-hydrogen) atoms. The van der Waals surface area contributed by atoms with Gasteiger partial charge in [-0.15, -0.1) is 0 Å². The average molecular weight is 368 g/mol. The molecule has 8 heteroatoms. The molecule has 3 N–H and O–H groups in total. The Bertz CT molecular complexity index is 724. The van der Waals surface area contributed by atoms with Crippen molar-refractivity contribution in [3.63, 3.8) is 0 Å². The number of halogens is 2.